The summed E-state index contributed by atoms with van der Waals surface area (Å²) in [7, 11) is 0. The zero-order valence-electron chi connectivity index (χ0n) is 10.8. The van der Waals surface area contributed by atoms with Crippen LogP contribution in [0.15, 0.2) is 12.3 Å². The maximum atomic E-state index is 5.42. The fraction of sp³-hybridized carbons (Fsp3) is 0.714. The van der Waals surface area contributed by atoms with Crippen LogP contribution in [0.25, 0.3) is 0 Å². The lowest BCUT2D eigenvalue weighted by Crippen LogP contribution is -2.27. The van der Waals surface area contributed by atoms with E-state index in [1.54, 1.807) is 0 Å². The van der Waals surface area contributed by atoms with Crippen molar-refractivity contribution in [3.63, 3.8) is 0 Å². The van der Waals surface area contributed by atoms with Crippen LogP contribution < -0.4 is 5.32 Å². The van der Waals surface area contributed by atoms with E-state index < -0.39 is 0 Å². The molecule has 1 aromatic rings. The predicted molar refractivity (Wildman–Crippen MR) is 69.7 cm³/mol. The number of hydrogen-bond acceptors (Lipinski definition) is 4. The summed E-state index contributed by atoms with van der Waals surface area (Å²) in [4.78, 5) is 9.31. The van der Waals surface area contributed by atoms with E-state index in [2.05, 4.69) is 16.4 Å². The van der Waals surface area contributed by atoms with Crippen LogP contribution in [0, 0.1) is 0 Å². The zero-order valence-corrected chi connectivity index (χ0v) is 10.8. The predicted octanol–water partition coefficient (Wildman–Crippen LogP) is 1.84. The number of aromatic nitrogens is 2. The minimum Gasteiger partial charge on any atom is -0.381 e. The first-order chi connectivity index (χ1) is 8.93. The molecule has 4 heteroatoms. The molecule has 0 spiro atoms. The summed E-state index contributed by atoms with van der Waals surface area (Å²) in [6.07, 6.45) is 6.47. The lowest BCUT2D eigenvalue weighted by molar-refractivity contribution is 0.0844. The number of nitrogens with one attached hydrogen (secondary N) is 1. The van der Waals surface area contributed by atoms with Gasteiger partial charge in [-0.2, -0.15) is 0 Å². The summed E-state index contributed by atoms with van der Waals surface area (Å²) in [5.41, 5.74) is 1.22. The summed E-state index contributed by atoms with van der Waals surface area (Å²) in [6.45, 7) is 3.93. The minimum atomic E-state index is 0.547. The third-order valence-corrected chi connectivity index (χ3v) is 4.04. The highest BCUT2D eigenvalue weighted by Gasteiger charge is 2.21. The molecule has 0 aliphatic carbocycles. The Bertz CT molecular complexity index is 351. The Balaban J connectivity index is 1.75. The van der Waals surface area contributed by atoms with Crippen LogP contribution in [-0.2, 0) is 4.74 Å². The summed E-state index contributed by atoms with van der Waals surface area (Å²) in [5, 5.41) is 3.39. The summed E-state index contributed by atoms with van der Waals surface area (Å²) < 4.78 is 5.42. The first-order valence-corrected chi connectivity index (χ1v) is 7.05. The topological polar surface area (TPSA) is 47.0 Å². The quantitative estimate of drug-likeness (QED) is 0.866. The van der Waals surface area contributed by atoms with E-state index in [4.69, 9.17) is 9.72 Å². The molecule has 0 aromatic carbocycles. The fourth-order valence-electron chi connectivity index (χ4n) is 2.89. The third-order valence-electron chi connectivity index (χ3n) is 4.04. The molecule has 2 fully saturated rings. The van der Waals surface area contributed by atoms with Gasteiger partial charge in [-0.1, -0.05) is 0 Å². The van der Waals surface area contributed by atoms with Crippen molar-refractivity contribution >= 4 is 0 Å². The summed E-state index contributed by atoms with van der Waals surface area (Å²) >= 11 is 0. The molecule has 0 unspecified atom stereocenters. The van der Waals surface area contributed by atoms with Crippen molar-refractivity contribution < 1.29 is 4.74 Å². The van der Waals surface area contributed by atoms with E-state index in [1.165, 1.54) is 5.69 Å². The zero-order chi connectivity index (χ0) is 12.2. The van der Waals surface area contributed by atoms with Crippen LogP contribution in [0.2, 0.25) is 0 Å². The van der Waals surface area contributed by atoms with Crippen molar-refractivity contribution in [3.8, 4) is 0 Å². The fourth-order valence-corrected chi connectivity index (χ4v) is 2.89. The second kappa shape index (κ2) is 5.76. The van der Waals surface area contributed by atoms with Crippen molar-refractivity contribution in [1.29, 1.82) is 0 Å². The van der Waals surface area contributed by atoms with Gasteiger partial charge in [-0.3, -0.25) is 0 Å². The van der Waals surface area contributed by atoms with Crippen molar-refractivity contribution in [2.24, 2.45) is 0 Å². The van der Waals surface area contributed by atoms with Gasteiger partial charge in [0.25, 0.3) is 0 Å². The van der Waals surface area contributed by atoms with E-state index in [9.17, 15) is 0 Å². The summed E-state index contributed by atoms with van der Waals surface area (Å²) in [6, 6.07) is 2.08. The van der Waals surface area contributed by atoms with Crippen LogP contribution >= 0.6 is 0 Å². The van der Waals surface area contributed by atoms with Gasteiger partial charge in [-0.05, 0) is 44.8 Å². The van der Waals surface area contributed by atoms with Crippen LogP contribution in [0.4, 0.5) is 0 Å². The highest BCUT2D eigenvalue weighted by Crippen LogP contribution is 2.27. The Morgan fingerprint density at radius 3 is 2.61 bits per heavy atom. The molecule has 98 valence electrons. The smallest absolute Gasteiger partial charge is 0.131 e. The Morgan fingerprint density at radius 2 is 1.83 bits per heavy atom. The monoisotopic (exact) mass is 247 g/mol. The lowest BCUT2D eigenvalue weighted by atomic mass is 9.94. The van der Waals surface area contributed by atoms with Gasteiger partial charge >= 0.3 is 0 Å². The standard InChI is InChI=1S/C14H21N3O/c1-6-15-7-2-12(1)14-16-8-3-13(17-14)11-4-9-18-10-5-11/h3,8,11-12,15H,1-2,4-7,9-10H2. The van der Waals surface area contributed by atoms with Crippen LogP contribution in [-0.4, -0.2) is 36.3 Å². The molecular formula is C14H21N3O. The largest absolute Gasteiger partial charge is 0.381 e. The van der Waals surface area contributed by atoms with Crippen molar-refractivity contribution in [1.82, 2.24) is 15.3 Å². The van der Waals surface area contributed by atoms with Gasteiger partial charge in [0, 0.05) is 36.9 Å². The van der Waals surface area contributed by atoms with Crippen LogP contribution in [0.1, 0.15) is 49.0 Å². The van der Waals surface area contributed by atoms with E-state index in [0.29, 0.717) is 11.8 Å². The molecule has 0 amide bonds. The second-order valence-electron chi connectivity index (χ2n) is 5.25. The SMILES string of the molecule is c1cc(C2CCOCC2)nc(C2CCNCC2)n1. The van der Waals surface area contributed by atoms with Gasteiger partial charge in [0.2, 0.25) is 0 Å². The maximum Gasteiger partial charge on any atom is 0.131 e. The number of rotatable bonds is 2. The summed E-state index contributed by atoms with van der Waals surface area (Å²) in [5.74, 6) is 2.17. The Hall–Kier alpha value is -1.00. The van der Waals surface area contributed by atoms with E-state index in [1.807, 2.05) is 6.20 Å². The molecular weight excluding hydrogens is 226 g/mol. The normalized spacial score (nSPS) is 23.1. The van der Waals surface area contributed by atoms with Gasteiger partial charge in [0.05, 0.1) is 0 Å². The molecule has 4 nitrogen and oxygen atoms in total. The van der Waals surface area contributed by atoms with Crippen molar-refractivity contribution in [2.45, 2.75) is 37.5 Å². The number of hydrogen-bond donors (Lipinski definition) is 1. The molecule has 3 heterocycles. The molecule has 0 bridgehead atoms. The molecule has 1 aromatic heterocycles. The Labute approximate surface area is 108 Å². The average Bonchev–Trinajstić information content (AvgIpc) is 2.49. The van der Waals surface area contributed by atoms with Crippen molar-refractivity contribution in [2.75, 3.05) is 26.3 Å². The van der Waals surface area contributed by atoms with E-state index in [0.717, 1.165) is 57.8 Å². The Morgan fingerprint density at radius 1 is 1.06 bits per heavy atom. The molecule has 3 rings (SSSR count). The number of nitrogens with zero attached hydrogens (tertiary/aromatic N) is 2. The van der Waals surface area contributed by atoms with Crippen molar-refractivity contribution in [3.05, 3.63) is 23.8 Å². The third kappa shape index (κ3) is 2.70. The number of piperidine rings is 1. The number of ether oxygens (including phenoxy) is 1. The molecule has 0 atom stereocenters. The van der Waals surface area contributed by atoms with Gasteiger partial charge in [-0.25, -0.2) is 9.97 Å². The first-order valence-electron chi connectivity index (χ1n) is 7.05. The molecule has 1 N–H and O–H groups in total. The average molecular weight is 247 g/mol. The minimum absolute atomic E-state index is 0.547. The molecule has 18 heavy (non-hydrogen) atoms. The van der Waals surface area contributed by atoms with E-state index >= 15 is 0 Å². The molecule has 0 saturated carbocycles. The Kier molecular flexibility index (Phi) is 3.86. The lowest BCUT2D eigenvalue weighted by Gasteiger charge is -2.24. The molecule has 0 radical (unpaired) electrons. The molecule has 2 saturated heterocycles. The van der Waals surface area contributed by atoms with Gasteiger partial charge < -0.3 is 10.1 Å². The van der Waals surface area contributed by atoms with Crippen LogP contribution in [0.3, 0.4) is 0 Å². The molecule has 2 aliphatic heterocycles. The first kappa shape index (κ1) is 12.1. The highest BCUT2D eigenvalue weighted by atomic mass is 16.5. The van der Waals surface area contributed by atoms with Crippen LogP contribution in [0.5, 0.6) is 0 Å². The van der Waals surface area contributed by atoms with E-state index in [-0.39, 0.29) is 0 Å². The van der Waals surface area contributed by atoms with Gasteiger partial charge in [-0.15, -0.1) is 0 Å². The molecule has 2 aliphatic rings. The second-order valence-corrected chi connectivity index (χ2v) is 5.25. The maximum absolute atomic E-state index is 5.42. The van der Waals surface area contributed by atoms with Gasteiger partial charge in [0.1, 0.15) is 5.82 Å². The van der Waals surface area contributed by atoms with Gasteiger partial charge in [0.15, 0.2) is 0 Å². The highest BCUT2D eigenvalue weighted by molar-refractivity contribution is 5.11.